The number of hydrogen-bond acceptors (Lipinski definition) is 6. The molecular weight excluding hydrogens is 395 g/mol. The zero-order valence-corrected chi connectivity index (χ0v) is 17.5. The predicted molar refractivity (Wildman–Crippen MR) is 114 cm³/mol. The Labute approximate surface area is 180 Å². The molecule has 3 aromatic rings. The summed E-state index contributed by atoms with van der Waals surface area (Å²) in [4.78, 5) is 34.9. The molecule has 31 heavy (non-hydrogen) atoms. The Bertz CT molecular complexity index is 1120. The number of piperidine rings is 1. The van der Waals surface area contributed by atoms with Crippen LogP contribution >= 0.6 is 0 Å². The molecule has 0 radical (unpaired) electrons. The largest absolute Gasteiger partial charge is 0.337 e. The van der Waals surface area contributed by atoms with E-state index in [0.29, 0.717) is 19.0 Å². The summed E-state index contributed by atoms with van der Waals surface area (Å²) in [5, 5.41) is 0. The van der Waals surface area contributed by atoms with Crippen LogP contribution in [0, 0.1) is 25.6 Å². The van der Waals surface area contributed by atoms with E-state index in [0.717, 1.165) is 30.3 Å². The monoisotopic (exact) mass is 418 g/mol. The van der Waals surface area contributed by atoms with Crippen LogP contribution in [0.2, 0.25) is 0 Å². The average molecular weight is 418 g/mol. The maximum atomic E-state index is 14.7. The Morgan fingerprint density at radius 2 is 1.81 bits per heavy atom. The van der Waals surface area contributed by atoms with Crippen LogP contribution in [0.3, 0.4) is 0 Å². The van der Waals surface area contributed by atoms with Crippen LogP contribution in [0.1, 0.15) is 28.2 Å². The Hall–Kier alpha value is -3.42. The molecule has 2 aliphatic rings. The molecular formula is C23H23FN6O. The van der Waals surface area contributed by atoms with Crippen LogP contribution in [0.5, 0.6) is 0 Å². The molecule has 8 heteroatoms. The lowest BCUT2D eigenvalue weighted by Gasteiger charge is -2.53. The van der Waals surface area contributed by atoms with E-state index < -0.39 is 5.82 Å². The summed E-state index contributed by atoms with van der Waals surface area (Å²) in [6.45, 7) is 6.03. The summed E-state index contributed by atoms with van der Waals surface area (Å²) in [7, 11) is 0. The number of anilines is 1. The quantitative estimate of drug-likeness (QED) is 0.651. The highest BCUT2D eigenvalue weighted by Gasteiger charge is 2.45. The summed E-state index contributed by atoms with van der Waals surface area (Å²) in [6.07, 6.45) is 4.00. The van der Waals surface area contributed by atoms with Crippen molar-refractivity contribution in [3.05, 3.63) is 65.5 Å². The number of benzene rings is 1. The zero-order valence-electron chi connectivity index (χ0n) is 17.5. The van der Waals surface area contributed by atoms with E-state index in [2.05, 4.69) is 24.8 Å². The first-order valence-electron chi connectivity index (χ1n) is 10.5. The molecule has 2 saturated heterocycles. The van der Waals surface area contributed by atoms with Crippen molar-refractivity contribution >= 4 is 11.9 Å². The Balaban J connectivity index is 1.41. The third kappa shape index (κ3) is 3.52. The van der Waals surface area contributed by atoms with Gasteiger partial charge in [-0.05, 0) is 44.5 Å². The van der Waals surface area contributed by atoms with E-state index in [4.69, 9.17) is 0 Å². The van der Waals surface area contributed by atoms with Crippen molar-refractivity contribution < 1.29 is 9.18 Å². The van der Waals surface area contributed by atoms with Crippen molar-refractivity contribution in [2.24, 2.45) is 5.92 Å². The number of fused-ring (bicyclic) bond motifs is 1. The standard InChI is InChI=1S/C23H23FN6O/c1-14-11-15(2)28-23(27-14)30-12-16-7-10-29(13-19(16)30)22(31)17-5-3-6-18(24)20(17)21-25-8-4-9-26-21/h3-6,8-9,11,16,19H,7,10,12-13H2,1-2H3. The van der Waals surface area contributed by atoms with Gasteiger partial charge in [0.2, 0.25) is 5.95 Å². The summed E-state index contributed by atoms with van der Waals surface area (Å²) in [6, 6.07) is 8.32. The van der Waals surface area contributed by atoms with Crippen molar-refractivity contribution in [3.63, 3.8) is 0 Å². The van der Waals surface area contributed by atoms with E-state index in [1.54, 1.807) is 35.5 Å². The molecule has 158 valence electrons. The van der Waals surface area contributed by atoms with Gasteiger partial charge in [-0.15, -0.1) is 0 Å². The van der Waals surface area contributed by atoms with Crippen molar-refractivity contribution in [1.29, 1.82) is 0 Å². The molecule has 0 bridgehead atoms. The molecule has 2 aliphatic heterocycles. The van der Waals surface area contributed by atoms with Gasteiger partial charge >= 0.3 is 0 Å². The number of carbonyl (C=O) groups is 1. The molecule has 4 heterocycles. The maximum absolute atomic E-state index is 14.7. The minimum Gasteiger partial charge on any atom is -0.337 e. The summed E-state index contributed by atoms with van der Waals surface area (Å²) < 4.78 is 14.7. The highest BCUT2D eigenvalue weighted by Crippen LogP contribution is 2.36. The molecule has 5 rings (SSSR count). The number of likely N-dealkylation sites (tertiary alicyclic amines) is 1. The van der Waals surface area contributed by atoms with E-state index >= 15 is 0 Å². The lowest BCUT2D eigenvalue weighted by molar-refractivity contribution is 0.0589. The van der Waals surface area contributed by atoms with Gasteiger partial charge in [-0.3, -0.25) is 4.79 Å². The van der Waals surface area contributed by atoms with Gasteiger partial charge < -0.3 is 9.80 Å². The zero-order chi connectivity index (χ0) is 21.5. The van der Waals surface area contributed by atoms with Gasteiger partial charge in [0.15, 0.2) is 5.82 Å². The highest BCUT2D eigenvalue weighted by atomic mass is 19.1. The smallest absolute Gasteiger partial charge is 0.254 e. The number of rotatable bonds is 3. The topological polar surface area (TPSA) is 75.1 Å². The van der Waals surface area contributed by atoms with E-state index in [1.807, 2.05) is 19.9 Å². The van der Waals surface area contributed by atoms with Crippen molar-refractivity contribution in [3.8, 4) is 11.4 Å². The van der Waals surface area contributed by atoms with Gasteiger partial charge in [0, 0.05) is 49.3 Å². The van der Waals surface area contributed by atoms with Gasteiger partial charge in [-0.1, -0.05) is 6.07 Å². The second-order valence-electron chi connectivity index (χ2n) is 8.21. The minimum atomic E-state index is -0.499. The van der Waals surface area contributed by atoms with E-state index in [9.17, 15) is 9.18 Å². The van der Waals surface area contributed by atoms with Crippen LogP contribution in [-0.2, 0) is 0 Å². The second kappa shape index (κ2) is 7.68. The molecule has 7 nitrogen and oxygen atoms in total. The lowest BCUT2D eigenvalue weighted by Crippen LogP contribution is -2.65. The molecule has 0 aliphatic carbocycles. The van der Waals surface area contributed by atoms with Gasteiger partial charge in [0.25, 0.3) is 5.91 Å². The third-order valence-electron chi connectivity index (χ3n) is 6.10. The molecule has 2 aromatic heterocycles. The predicted octanol–water partition coefficient (Wildman–Crippen LogP) is 3.04. The summed E-state index contributed by atoms with van der Waals surface area (Å²) >= 11 is 0. The number of amides is 1. The van der Waals surface area contributed by atoms with Gasteiger partial charge in [0.05, 0.1) is 17.2 Å². The van der Waals surface area contributed by atoms with Crippen LogP contribution in [-0.4, -0.2) is 56.4 Å². The molecule has 2 fully saturated rings. The fraction of sp³-hybridized carbons (Fsp3) is 0.348. The van der Waals surface area contributed by atoms with Crippen molar-refractivity contribution in [1.82, 2.24) is 24.8 Å². The number of aryl methyl sites for hydroxylation is 2. The number of aromatic nitrogens is 4. The van der Waals surface area contributed by atoms with Crippen molar-refractivity contribution in [2.75, 3.05) is 24.5 Å². The maximum Gasteiger partial charge on any atom is 0.254 e. The second-order valence-corrected chi connectivity index (χ2v) is 8.21. The summed E-state index contributed by atoms with van der Waals surface area (Å²) in [5.74, 6) is 0.747. The third-order valence-corrected chi connectivity index (χ3v) is 6.10. The van der Waals surface area contributed by atoms with Crippen molar-refractivity contribution in [2.45, 2.75) is 26.3 Å². The van der Waals surface area contributed by atoms with Crippen LogP contribution in [0.4, 0.5) is 10.3 Å². The van der Waals surface area contributed by atoms with Gasteiger partial charge in [0.1, 0.15) is 5.82 Å². The van der Waals surface area contributed by atoms with Crippen LogP contribution in [0.25, 0.3) is 11.4 Å². The SMILES string of the molecule is Cc1cc(C)nc(N2CC3CCN(C(=O)c4cccc(F)c4-c4ncccn4)CC32)n1. The summed E-state index contributed by atoms with van der Waals surface area (Å²) in [5.41, 5.74) is 2.31. The highest BCUT2D eigenvalue weighted by molar-refractivity contribution is 6.00. The molecule has 1 amide bonds. The minimum absolute atomic E-state index is 0.151. The number of carbonyl (C=O) groups excluding carboxylic acids is 1. The number of hydrogen-bond donors (Lipinski definition) is 0. The normalized spacial score (nSPS) is 20.2. The fourth-order valence-electron chi connectivity index (χ4n) is 4.57. The van der Waals surface area contributed by atoms with Crippen LogP contribution < -0.4 is 4.90 Å². The Morgan fingerprint density at radius 1 is 1.06 bits per heavy atom. The first kappa shape index (κ1) is 19.5. The van der Waals surface area contributed by atoms with E-state index in [-0.39, 0.29) is 28.9 Å². The fourth-order valence-corrected chi connectivity index (χ4v) is 4.57. The Kier molecular flexibility index (Phi) is 4.84. The van der Waals surface area contributed by atoms with Crippen LogP contribution in [0.15, 0.2) is 42.7 Å². The number of halogens is 1. The Morgan fingerprint density at radius 3 is 2.55 bits per heavy atom. The molecule has 2 atom stereocenters. The molecule has 0 saturated carbocycles. The number of nitrogens with zero attached hydrogens (tertiary/aromatic N) is 6. The van der Waals surface area contributed by atoms with Gasteiger partial charge in [-0.2, -0.15) is 0 Å². The van der Waals surface area contributed by atoms with E-state index in [1.165, 1.54) is 6.07 Å². The first-order chi connectivity index (χ1) is 15.0. The van der Waals surface area contributed by atoms with Gasteiger partial charge in [-0.25, -0.2) is 24.3 Å². The molecule has 2 unspecified atom stereocenters. The lowest BCUT2D eigenvalue weighted by atomic mass is 9.82. The average Bonchev–Trinajstić information content (AvgIpc) is 2.74. The first-order valence-corrected chi connectivity index (χ1v) is 10.5. The molecule has 0 N–H and O–H groups in total. The molecule has 1 aromatic carbocycles. The molecule has 0 spiro atoms.